The summed E-state index contributed by atoms with van der Waals surface area (Å²) in [5, 5.41) is 3.71. The van der Waals surface area contributed by atoms with Crippen LogP contribution in [0.2, 0.25) is 0 Å². The largest absolute Gasteiger partial charge is 0.492 e. The van der Waals surface area contributed by atoms with Crippen LogP contribution in [0.4, 0.5) is 0 Å². The quantitative estimate of drug-likeness (QED) is 0.730. The molecule has 0 saturated heterocycles. The third-order valence-corrected chi connectivity index (χ3v) is 1.74. The van der Waals surface area contributed by atoms with Crippen molar-refractivity contribution in [3.63, 3.8) is 0 Å². The number of nitrogens with one attached hydrogen (secondary N) is 1. The van der Waals surface area contributed by atoms with Crippen LogP contribution in [-0.2, 0) is 0 Å². The standard InChI is InChI=1S/C11H14ClNO/c1-10(12)9-13-7-8-14-11-5-3-2-4-6-11/h2-6,13H,1,7-9H2. The second-order valence-corrected chi connectivity index (χ2v) is 3.39. The molecule has 0 amide bonds. The lowest BCUT2D eigenvalue weighted by Gasteiger charge is -2.06. The Hall–Kier alpha value is -0.990. The van der Waals surface area contributed by atoms with E-state index in [9.17, 15) is 0 Å². The van der Waals surface area contributed by atoms with Crippen LogP contribution in [0.3, 0.4) is 0 Å². The molecule has 0 aliphatic rings. The maximum absolute atomic E-state index is 5.58. The monoisotopic (exact) mass is 211 g/mol. The van der Waals surface area contributed by atoms with Crippen LogP contribution in [0.1, 0.15) is 0 Å². The van der Waals surface area contributed by atoms with Crippen LogP contribution in [0.15, 0.2) is 41.9 Å². The fourth-order valence-electron chi connectivity index (χ4n) is 0.982. The SMILES string of the molecule is C=C(Cl)CNCCOc1ccccc1. The number of hydrogen-bond acceptors (Lipinski definition) is 2. The Labute approximate surface area is 89.5 Å². The maximum Gasteiger partial charge on any atom is 0.119 e. The molecule has 0 heterocycles. The highest BCUT2D eigenvalue weighted by Gasteiger charge is 1.91. The van der Waals surface area contributed by atoms with Gasteiger partial charge >= 0.3 is 0 Å². The van der Waals surface area contributed by atoms with E-state index in [0.717, 1.165) is 12.3 Å². The molecule has 0 aromatic heterocycles. The van der Waals surface area contributed by atoms with E-state index in [1.807, 2.05) is 30.3 Å². The van der Waals surface area contributed by atoms with Crippen molar-refractivity contribution in [1.82, 2.24) is 5.32 Å². The van der Waals surface area contributed by atoms with Gasteiger partial charge in [0.25, 0.3) is 0 Å². The Balaban J connectivity index is 2.08. The minimum atomic E-state index is 0.615. The number of halogens is 1. The van der Waals surface area contributed by atoms with Crippen LogP contribution >= 0.6 is 11.6 Å². The molecule has 0 aliphatic carbocycles. The van der Waals surface area contributed by atoms with Crippen molar-refractivity contribution >= 4 is 11.6 Å². The number of hydrogen-bond donors (Lipinski definition) is 1. The van der Waals surface area contributed by atoms with Crippen LogP contribution in [0.25, 0.3) is 0 Å². The van der Waals surface area contributed by atoms with Gasteiger partial charge in [-0.25, -0.2) is 0 Å². The lowest BCUT2D eigenvalue weighted by molar-refractivity contribution is 0.316. The summed E-state index contributed by atoms with van der Waals surface area (Å²) in [5.41, 5.74) is 0. The molecule has 1 rings (SSSR count). The molecule has 0 aliphatic heterocycles. The molecule has 3 heteroatoms. The van der Waals surface area contributed by atoms with Crippen molar-refractivity contribution in [2.24, 2.45) is 0 Å². The Kier molecular flexibility index (Phi) is 5.12. The topological polar surface area (TPSA) is 21.3 Å². The first-order valence-electron chi connectivity index (χ1n) is 4.51. The van der Waals surface area contributed by atoms with Gasteiger partial charge < -0.3 is 10.1 Å². The number of para-hydroxylation sites is 1. The summed E-state index contributed by atoms with van der Waals surface area (Å²) >= 11 is 5.58. The van der Waals surface area contributed by atoms with Crippen molar-refractivity contribution < 1.29 is 4.74 Å². The van der Waals surface area contributed by atoms with Gasteiger partial charge in [-0.3, -0.25) is 0 Å². The summed E-state index contributed by atoms with van der Waals surface area (Å²) in [5.74, 6) is 0.888. The second-order valence-electron chi connectivity index (χ2n) is 2.86. The normalized spacial score (nSPS) is 9.79. The molecule has 0 bridgehead atoms. The summed E-state index contributed by atoms with van der Waals surface area (Å²) in [6.45, 7) is 5.60. The van der Waals surface area contributed by atoms with E-state index in [2.05, 4.69) is 11.9 Å². The first kappa shape index (κ1) is 11.1. The van der Waals surface area contributed by atoms with Gasteiger partial charge in [-0.05, 0) is 12.1 Å². The highest BCUT2D eigenvalue weighted by atomic mass is 35.5. The molecule has 14 heavy (non-hydrogen) atoms. The van der Waals surface area contributed by atoms with Crippen molar-refractivity contribution in [3.05, 3.63) is 41.9 Å². The van der Waals surface area contributed by atoms with Gasteiger partial charge in [0.15, 0.2) is 0 Å². The summed E-state index contributed by atoms with van der Waals surface area (Å²) in [7, 11) is 0. The minimum Gasteiger partial charge on any atom is -0.492 e. The van der Waals surface area contributed by atoms with Gasteiger partial charge in [-0.2, -0.15) is 0 Å². The van der Waals surface area contributed by atoms with Gasteiger partial charge in [0, 0.05) is 18.1 Å². The first-order valence-corrected chi connectivity index (χ1v) is 4.88. The van der Waals surface area contributed by atoms with Crippen molar-refractivity contribution in [2.75, 3.05) is 19.7 Å². The highest BCUT2D eigenvalue weighted by molar-refractivity contribution is 6.29. The summed E-state index contributed by atoms with van der Waals surface area (Å²) in [4.78, 5) is 0. The lowest BCUT2D eigenvalue weighted by Crippen LogP contribution is -2.22. The molecule has 1 aromatic rings. The Morgan fingerprint density at radius 2 is 2.07 bits per heavy atom. The molecule has 0 radical (unpaired) electrons. The van der Waals surface area contributed by atoms with E-state index in [0.29, 0.717) is 18.2 Å². The molecule has 1 aromatic carbocycles. The zero-order valence-corrected chi connectivity index (χ0v) is 8.76. The molecule has 0 fully saturated rings. The summed E-state index contributed by atoms with van der Waals surface area (Å²) in [6.07, 6.45) is 0. The van der Waals surface area contributed by atoms with E-state index in [1.54, 1.807) is 0 Å². The molecule has 0 spiro atoms. The fourth-order valence-corrected chi connectivity index (χ4v) is 1.08. The van der Waals surface area contributed by atoms with Crippen LogP contribution in [0.5, 0.6) is 5.75 Å². The van der Waals surface area contributed by atoms with Gasteiger partial charge in [-0.15, -0.1) is 0 Å². The molecule has 76 valence electrons. The Morgan fingerprint density at radius 3 is 2.71 bits per heavy atom. The average molecular weight is 212 g/mol. The number of benzene rings is 1. The zero-order chi connectivity index (χ0) is 10.2. The third kappa shape index (κ3) is 4.90. The second kappa shape index (κ2) is 6.46. The van der Waals surface area contributed by atoms with E-state index < -0.39 is 0 Å². The maximum atomic E-state index is 5.58. The predicted octanol–water partition coefficient (Wildman–Crippen LogP) is 2.41. The van der Waals surface area contributed by atoms with E-state index in [1.165, 1.54) is 0 Å². The van der Waals surface area contributed by atoms with Crippen LogP contribution in [0, 0.1) is 0 Å². The van der Waals surface area contributed by atoms with Gasteiger partial charge in [0.1, 0.15) is 12.4 Å². The smallest absolute Gasteiger partial charge is 0.119 e. The molecule has 1 N–H and O–H groups in total. The third-order valence-electron chi connectivity index (χ3n) is 1.61. The molecule has 2 nitrogen and oxygen atoms in total. The van der Waals surface area contributed by atoms with Crippen molar-refractivity contribution in [1.29, 1.82) is 0 Å². The number of ether oxygens (including phenoxy) is 1. The van der Waals surface area contributed by atoms with E-state index in [-0.39, 0.29) is 0 Å². The van der Waals surface area contributed by atoms with Crippen molar-refractivity contribution in [2.45, 2.75) is 0 Å². The molecular weight excluding hydrogens is 198 g/mol. The summed E-state index contributed by atoms with van der Waals surface area (Å²) in [6, 6.07) is 9.72. The highest BCUT2D eigenvalue weighted by Crippen LogP contribution is 2.07. The average Bonchev–Trinajstić information content (AvgIpc) is 2.18. The Morgan fingerprint density at radius 1 is 1.36 bits per heavy atom. The molecule has 0 saturated carbocycles. The molecule has 0 atom stereocenters. The number of rotatable bonds is 6. The first-order chi connectivity index (χ1) is 6.79. The van der Waals surface area contributed by atoms with E-state index in [4.69, 9.17) is 16.3 Å². The predicted molar refractivity (Wildman–Crippen MR) is 59.8 cm³/mol. The van der Waals surface area contributed by atoms with Gasteiger partial charge in [0.05, 0.1) is 0 Å². The molecule has 0 unspecified atom stereocenters. The van der Waals surface area contributed by atoms with Gasteiger partial charge in [-0.1, -0.05) is 36.4 Å². The van der Waals surface area contributed by atoms with Crippen LogP contribution in [-0.4, -0.2) is 19.7 Å². The fraction of sp³-hybridized carbons (Fsp3) is 0.273. The zero-order valence-electron chi connectivity index (χ0n) is 8.00. The lowest BCUT2D eigenvalue weighted by atomic mass is 10.3. The Bertz CT molecular complexity index is 274. The van der Waals surface area contributed by atoms with Crippen LogP contribution < -0.4 is 10.1 Å². The van der Waals surface area contributed by atoms with Gasteiger partial charge in [0.2, 0.25) is 0 Å². The summed E-state index contributed by atoms with van der Waals surface area (Å²) < 4.78 is 5.45. The minimum absolute atomic E-state index is 0.615. The van der Waals surface area contributed by atoms with Crippen molar-refractivity contribution in [3.8, 4) is 5.75 Å². The van der Waals surface area contributed by atoms with E-state index >= 15 is 0 Å². The molecular formula is C11H14ClNO.